The Hall–Kier alpha value is -6.26. The van der Waals surface area contributed by atoms with Crippen molar-refractivity contribution in [2.75, 3.05) is 26.2 Å². The number of benzene rings is 2. The number of methoxy groups -OCH3 is 3. The van der Waals surface area contributed by atoms with Crippen LogP contribution in [0, 0.1) is 12.3 Å². The van der Waals surface area contributed by atoms with E-state index in [1.165, 1.54) is 19.2 Å². The number of fused-ring (bicyclic) bond motifs is 1. The Morgan fingerprint density at radius 3 is 2.22 bits per heavy atom. The van der Waals surface area contributed by atoms with Crippen LogP contribution < -0.4 is 9.64 Å². The first-order chi connectivity index (χ1) is 22.1. The average molecular weight is 620 g/mol. The number of anilines is 1. The Kier molecular flexibility index (Phi) is 8.40. The summed E-state index contributed by atoms with van der Waals surface area (Å²) in [6.45, 7) is 1.71. The van der Waals surface area contributed by atoms with E-state index >= 15 is 0 Å². The fourth-order valence-corrected chi connectivity index (χ4v) is 5.75. The summed E-state index contributed by atoms with van der Waals surface area (Å²) in [5, 5.41) is 29.7. The number of esters is 2. The van der Waals surface area contributed by atoms with Gasteiger partial charge in [0.2, 0.25) is 5.78 Å². The van der Waals surface area contributed by atoms with Gasteiger partial charge in [0.05, 0.1) is 49.6 Å². The molecule has 5 rings (SSSR count). The van der Waals surface area contributed by atoms with E-state index in [0.717, 1.165) is 25.2 Å². The van der Waals surface area contributed by atoms with Gasteiger partial charge in [-0.15, -0.1) is 0 Å². The second-order valence-corrected chi connectivity index (χ2v) is 10.1. The number of rotatable bonds is 8. The Morgan fingerprint density at radius 1 is 0.935 bits per heavy atom. The molecule has 0 aliphatic carbocycles. The van der Waals surface area contributed by atoms with Crippen LogP contribution in [0.4, 0.5) is 5.69 Å². The van der Waals surface area contributed by atoms with Crippen LogP contribution in [0.15, 0.2) is 89.8 Å². The number of carboxylic acid groups (broad SMARTS) is 1. The highest BCUT2D eigenvalue weighted by molar-refractivity contribution is 6.26. The van der Waals surface area contributed by atoms with E-state index in [-0.39, 0.29) is 28.1 Å². The molecule has 4 aromatic rings. The maximum absolute atomic E-state index is 13.9. The molecule has 1 unspecified atom stereocenters. The lowest BCUT2D eigenvalue weighted by molar-refractivity contribution is -0.139. The second-order valence-electron chi connectivity index (χ2n) is 10.1. The van der Waals surface area contributed by atoms with Crippen LogP contribution in [-0.4, -0.2) is 66.2 Å². The number of ketones is 1. The first-order valence-electron chi connectivity index (χ1n) is 13.8. The number of aromatic nitrogens is 1. The predicted molar refractivity (Wildman–Crippen MR) is 168 cm³/mol. The van der Waals surface area contributed by atoms with Crippen LogP contribution in [0.5, 0.6) is 5.75 Å². The highest BCUT2D eigenvalue weighted by Crippen LogP contribution is 2.43. The van der Waals surface area contributed by atoms with Gasteiger partial charge in [-0.2, -0.15) is 0 Å². The molecular weight excluding hydrogens is 592 g/mol. The fraction of sp³-hybridized carbons (Fsp3) is 0.147. The topological polar surface area (TPSA) is 170 Å². The third kappa shape index (κ3) is 4.92. The molecule has 1 aliphatic rings. The Labute approximate surface area is 262 Å². The van der Waals surface area contributed by atoms with Gasteiger partial charge < -0.3 is 29.1 Å². The SMILES string of the molecule is COC(=O)C1=C(C(=O)OC)N(c2ccc(C(=O)c3c(C)c(OC)c4ccccn34)cc2C(=O)O)C(=N)C(=C=[N-])C1c1ccccc1. The van der Waals surface area contributed by atoms with Crippen molar-refractivity contribution in [2.45, 2.75) is 12.8 Å². The third-order valence-electron chi connectivity index (χ3n) is 7.75. The van der Waals surface area contributed by atoms with E-state index in [2.05, 4.69) is 0 Å². The number of carbonyl (C=O) groups is 4. The predicted octanol–water partition coefficient (Wildman–Crippen LogP) is 4.53. The van der Waals surface area contributed by atoms with Crippen LogP contribution in [-0.2, 0) is 19.1 Å². The maximum atomic E-state index is 13.9. The summed E-state index contributed by atoms with van der Waals surface area (Å²) in [5.74, 6) is -3.42. The molecule has 0 amide bonds. The number of nitrogens with one attached hydrogen (secondary N) is 1. The molecule has 0 radical (unpaired) electrons. The smallest absolute Gasteiger partial charge is 0.355 e. The summed E-state index contributed by atoms with van der Waals surface area (Å²) in [5.41, 5.74) is -0.00783. The van der Waals surface area contributed by atoms with Crippen molar-refractivity contribution in [2.24, 2.45) is 0 Å². The molecule has 2 N–H and O–H groups in total. The fourth-order valence-electron chi connectivity index (χ4n) is 5.75. The number of aromatic carboxylic acids is 1. The lowest BCUT2D eigenvalue weighted by Gasteiger charge is -2.38. The van der Waals surface area contributed by atoms with Gasteiger partial charge in [0.15, 0.2) is 0 Å². The van der Waals surface area contributed by atoms with Crippen molar-refractivity contribution in [1.29, 1.82) is 5.41 Å². The van der Waals surface area contributed by atoms with Gasteiger partial charge in [-0.3, -0.25) is 21.0 Å². The van der Waals surface area contributed by atoms with Crippen LogP contribution in [0.3, 0.4) is 0 Å². The standard InChI is InChI=1S/C34H27N4O8/c1-18-27(37-15-9-8-12-24(37)30(18)44-2)29(39)20-13-14-23(21(16-20)32(40)41)38-28(34(43)46-4)26(33(42)45-3)25(22(17-35)31(38)36)19-10-6-5-7-11-19/h5-16,25,36H,1-4H3,(H,40,41)/q-1. The molecule has 0 spiro atoms. The normalized spacial score (nSPS) is 14.6. The monoisotopic (exact) mass is 619 g/mol. The quantitative estimate of drug-likeness (QED) is 0.163. The minimum Gasteiger partial charge on any atom is -0.763 e. The number of pyridine rings is 1. The number of hydrogen-bond donors (Lipinski definition) is 2. The van der Waals surface area contributed by atoms with Gasteiger partial charge >= 0.3 is 17.9 Å². The molecule has 46 heavy (non-hydrogen) atoms. The molecule has 2 aromatic carbocycles. The molecule has 1 atom stereocenters. The molecule has 0 saturated carbocycles. The van der Waals surface area contributed by atoms with Crippen molar-refractivity contribution >= 4 is 46.6 Å². The number of nitrogens with zero attached hydrogens (tertiary/aromatic N) is 3. The summed E-state index contributed by atoms with van der Waals surface area (Å²) in [6.07, 6.45) is 1.68. The summed E-state index contributed by atoms with van der Waals surface area (Å²) in [7, 11) is 3.64. The largest absolute Gasteiger partial charge is 0.763 e. The number of carboxylic acids is 1. The van der Waals surface area contributed by atoms with Crippen LogP contribution in [0.2, 0.25) is 0 Å². The maximum Gasteiger partial charge on any atom is 0.355 e. The Balaban J connectivity index is 1.77. The van der Waals surface area contributed by atoms with Gasteiger partial charge in [0, 0.05) is 22.9 Å². The van der Waals surface area contributed by atoms with Gasteiger partial charge in [-0.1, -0.05) is 36.4 Å². The highest BCUT2D eigenvalue weighted by atomic mass is 16.5. The zero-order valence-electron chi connectivity index (χ0n) is 25.2. The highest BCUT2D eigenvalue weighted by Gasteiger charge is 2.44. The third-order valence-corrected chi connectivity index (χ3v) is 7.75. The van der Waals surface area contributed by atoms with Crippen LogP contribution in [0.1, 0.15) is 43.5 Å². The van der Waals surface area contributed by atoms with Gasteiger partial charge in [-0.25, -0.2) is 14.4 Å². The number of hydrogen-bond acceptors (Lipinski definition) is 8. The summed E-state index contributed by atoms with van der Waals surface area (Å²) in [4.78, 5) is 54.3. The molecule has 12 nitrogen and oxygen atoms in total. The molecule has 0 saturated heterocycles. The summed E-state index contributed by atoms with van der Waals surface area (Å²) < 4.78 is 17.2. The Bertz CT molecular complexity index is 2040. The Morgan fingerprint density at radius 2 is 1.61 bits per heavy atom. The molecule has 12 heteroatoms. The number of carbonyl (C=O) groups excluding carboxylic acids is 3. The summed E-state index contributed by atoms with van der Waals surface area (Å²) in [6, 6.07) is 17.3. The first-order valence-corrected chi connectivity index (χ1v) is 13.8. The molecule has 1 aliphatic heterocycles. The number of ether oxygens (including phenoxy) is 3. The molecule has 0 fully saturated rings. The van der Waals surface area contributed by atoms with Gasteiger partial charge in [0.1, 0.15) is 23.0 Å². The lowest BCUT2D eigenvalue weighted by Crippen LogP contribution is -2.44. The van der Waals surface area contributed by atoms with Crippen molar-refractivity contribution in [3.8, 4) is 5.75 Å². The van der Waals surface area contributed by atoms with Crippen LogP contribution >= 0.6 is 0 Å². The number of amidine groups is 1. The van der Waals surface area contributed by atoms with E-state index in [1.807, 2.05) is 5.87 Å². The van der Waals surface area contributed by atoms with Crippen LogP contribution in [0.25, 0.3) is 10.9 Å². The zero-order chi connectivity index (χ0) is 33.3. The van der Waals surface area contributed by atoms with Crippen molar-refractivity contribution in [3.05, 3.63) is 123 Å². The van der Waals surface area contributed by atoms with Gasteiger partial charge in [-0.05, 0) is 42.8 Å². The molecule has 232 valence electrons. The van der Waals surface area contributed by atoms with E-state index in [4.69, 9.17) is 19.6 Å². The van der Waals surface area contributed by atoms with Gasteiger partial charge in [0.25, 0.3) is 0 Å². The molecular formula is C34H27N4O8-. The van der Waals surface area contributed by atoms with E-state index < -0.39 is 46.7 Å². The van der Waals surface area contributed by atoms with E-state index in [9.17, 15) is 29.7 Å². The second kappa shape index (κ2) is 12.4. The zero-order valence-corrected chi connectivity index (χ0v) is 25.2. The van der Waals surface area contributed by atoms with Crippen molar-refractivity contribution in [3.63, 3.8) is 0 Å². The molecule has 0 bridgehead atoms. The summed E-state index contributed by atoms with van der Waals surface area (Å²) >= 11 is 0. The van der Waals surface area contributed by atoms with Crippen molar-refractivity contribution in [1.82, 2.24) is 4.40 Å². The lowest BCUT2D eigenvalue weighted by atomic mass is 9.79. The van der Waals surface area contributed by atoms with Crippen molar-refractivity contribution < 1.29 is 38.5 Å². The minimum absolute atomic E-state index is 0.0119. The molecule has 2 aromatic heterocycles. The average Bonchev–Trinajstić information content (AvgIpc) is 3.37. The van der Waals surface area contributed by atoms with E-state index in [1.54, 1.807) is 66.1 Å². The van der Waals surface area contributed by atoms with E-state index in [0.29, 0.717) is 22.4 Å². The first kappa shape index (κ1) is 31.2. The molecule has 3 heterocycles. The minimum atomic E-state index is -1.50.